The van der Waals surface area contributed by atoms with E-state index >= 15 is 0 Å². The number of likely N-dealkylation sites (tertiary alicyclic amines) is 1. The van der Waals surface area contributed by atoms with Crippen molar-refractivity contribution in [1.82, 2.24) is 24.5 Å². The number of hydrogen-bond acceptors (Lipinski definition) is 5. The van der Waals surface area contributed by atoms with Gasteiger partial charge in [-0.25, -0.2) is 0 Å². The van der Waals surface area contributed by atoms with Gasteiger partial charge in [0.25, 0.3) is 5.91 Å². The number of nitrogens with one attached hydrogen (secondary N) is 1. The predicted molar refractivity (Wildman–Crippen MR) is 124 cm³/mol. The van der Waals surface area contributed by atoms with Crippen molar-refractivity contribution >= 4 is 11.6 Å². The molecule has 3 aromatic rings. The van der Waals surface area contributed by atoms with Gasteiger partial charge in [-0.15, -0.1) is 0 Å². The Hall–Kier alpha value is -3.13. The highest BCUT2D eigenvalue weighted by Gasteiger charge is 2.24. The Morgan fingerprint density at radius 1 is 1.09 bits per heavy atom. The number of anilines is 1. The van der Waals surface area contributed by atoms with Crippen LogP contribution in [0.4, 0.5) is 5.69 Å². The molecule has 0 atom stereocenters. The van der Waals surface area contributed by atoms with Gasteiger partial charge in [0, 0.05) is 44.3 Å². The van der Waals surface area contributed by atoms with Gasteiger partial charge in [0.2, 0.25) is 0 Å². The molecule has 2 aromatic heterocycles. The summed E-state index contributed by atoms with van der Waals surface area (Å²) in [5.74, 6) is 1.17. The Morgan fingerprint density at radius 2 is 1.78 bits per heavy atom. The number of benzene rings is 1. The minimum atomic E-state index is -0.122. The summed E-state index contributed by atoms with van der Waals surface area (Å²) in [5, 5.41) is 12.0. The monoisotopic (exact) mass is 436 g/mol. The maximum atomic E-state index is 12.9. The van der Waals surface area contributed by atoms with E-state index in [4.69, 9.17) is 4.74 Å². The number of carbonyl (C=O) groups excluding carboxylic acids is 1. The fourth-order valence-electron chi connectivity index (χ4n) is 4.41. The van der Waals surface area contributed by atoms with Gasteiger partial charge in [-0.3, -0.25) is 19.1 Å². The zero-order chi connectivity index (χ0) is 22.7. The zero-order valence-corrected chi connectivity index (χ0v) is 19.3. The SMILES string of the molecule is COc1ccc(NC(=O)c2cn(C)nc2CC2CCN(Cc3cn(C)nc3C)CC2)cc1. The standard InChI is InChI=1S/C24H32N6O2/c1-17-19(14-28(2)26-17)15-30-11-9-18(10-12-30)13-23-22(16-29(3)27-23)24(31)25-20-5-7-21(32-4)8-6-20/h5-8,14,16,18H,9-13,15H2,1-4H3,(H,25,31). The van der Waals surface area contributed by atoms with Crippen molar-refractivity contribution < 1.29 is 9.53 Å². The van der Waals surface area contributed by atoms with E-state index in [0.717, 1.165) is 61.7 Å². The van der Waals surface area contributed by atoms with Gasteiger partial charge in [-0.2, -0.15) is 10.2 Å². The average Bonchev–Trinajstić information content (AvgIpc) is 3.30. The lowest BCUT2D eigenvalue weighted by Crippen LogP contribution is -2.34. The summed E-state index contributed by atoms with van der Waals surface area (Å²) < 4.78 is 8.80. The van der Waals surface area contributed by atoms with Crippen LogP contribution in [-0.4, -0.2) is 50.6 Å². The third kappa shape index (κ3) is 5.19. The van der Waals surface area contributed by atoms with Gasteiger partial charge < -0.3 is 10.1 Å². The fraction of sp³-hybridized carbons (Fsp3) is 0.458. The van der Waals surface area contributed by atoms with E-state index < -0.39 is 0 Å². The van der Waals surface area contributed by atoms with Crippen molar-refractivity contribution in [2.24, 2.45) is 20.0 Å². The number of aromatic nitrogens is 4. The van der Waals surface area contributed by atoms with Gasteiger partial charge in [0.15, 0.2) is 0 Å². The van der Waals surface area contributed by atoms with E-state index in [2.05, 4.69) is 33.5 Å². The molecule has 1 saturated heterocycles. The normalized spacial score (nSPS) is 15.1. The molecule has 1 aliphatic rings. The van der Waals surface area contributed by atoms with Crippen molar-refractivity contribution in [3.05, 3.63) is 59.2 Å². The van der Waals surface area contributed by atoms with Gasteiger partial charge in [-0.1, -0.05) is 0 Å². The predicted octanol–water partition coefficient (Wildman–Crippen LogP) is 3.18. The molecule has 0 saturated carbocycles. The summed E-state index contributed by atoms with van der Waals surface area (Å²) in [4.78, 5) is 15.4. The van der Waals surface area contributed by atoms with Crippen LogP contribution in [-0.2, 0) is 27.1 Å². The molecule has 0 aliphatic carbocycles. The van der Waals surface area contributed by atoms with E-state index in [9.17, 15) is 4.79 Å². The van der Waals surface area contributed by atoms with E-state index in [-0.39, 0.29) is 5.91 Å². The summed E-state index contributed by atoms with van der Waals surface area (Å²) in [5.41, 5.74) is 4.67. The Kier molecular flexibility index (Phi) is 6.60. The Bertz CT molecular complexity index is 1060. The average molecular weight is 437 g/mol. The van der Waals surface area contributed by atoms with Crippen LogP contribution in [0.1, 0.15) is 40.2 Å². The molecule has 0 radical (unpaired) electrons. The second kappa shape index (κ2) is 9.56. The molecular weight excluding hydrogens is 404 g/mol. The molecule has 1 aromatic carbocycles. The first-order valence-electron chi connectivity index (χ1n) is 11.1. The molecule has 0 unspecified atom stereocenters. The molecule has 32 heavy (non-hydrogen) atoms. The lowest BCUT2D eigenvalue weighted by molar-refractivity contribution is 0.102. The molecule has 8 heteroatoms. The molecule has 0 bridgehead atoms. The van der Waals surface area contributed by atoms with Crippen LogP contribution in [0.3, 0.4) is 0 Å². The molecule has 1 N–H and O–H groups in total. The van der Waals surface area contributed by atoms with Crippen LogP contribution < -0.4 is 10.1 Å². The van der Waals surface area contributed by atoms with Crippen molar-refractivity contribution in [3.8, 4) is 5.75 Å². The number of ether oxygens (including phenoxy) is 1. The van der Waals surface area contributed by atoms with Crippen molar-refractivity contribution in [3.63, 3.8) is 0 Å². The molecule has 3 heterocycles. The van der Waals surface area contributed by atoms with Gasteiger partial charge in [-0.05, 0) is 69.5 Å². The summed E-state index contributed by atoms with van der Waals surface area (Å²) >= 11 is 0. The first-order chi connectivity index (χ1) is 15.4. The first kappa shape index (κ1) is 22.1. The Balaban J connectivity index is 1.35. The number of amides is 1. The largest absolute Gasteiger partial charge is 0.497 e. The fourth-order valence-corrected chi connectivity index (χ4v) is 4.41. The number of methoxy groups -OCH3 is 1. The van der Waals surface area contributed by atoms with Crippen LogP contribution >= 0.6 is 0 Å². The van der Waals surface area contributed by atoms with Crippen molar-refractivity contribution in [2.45, 2.75) is 32.7 Å². The van der Waals surface area contributed by atoms with E-state index in [1.807, 2.05) is 49.2 Å². The van der Waals surface area contributed by atoms with Gasteiger partial charge in [0.1, 0.15) is 5.75 Å². The highest BCUT2D eigenvalue weighted by Crippen LogP contribution is 2.25. The van der Waals surface area contributed by atoms with Crippen molar-refractivity contribution in [2.75, 3.05) is 25.5 Å². The van der Waals surface area contributed by atoms with Crippen LogP contribution in [0.5, 0.6) is 5.75 Å². The maximum Gasteiger partial charge on any atom is 0.259 e. The smallest absolute Gasteiger partial charge is 0.259 e. The van der Waals surface area contributed by atoms with Crippen LogP contribution in [0, 0.1) is 12.8 Å². The van der Waals surface area contributed by atoms with Crippen LogP contribution in [0.2, 0.25) is 0 Å². The number of carbonyl (C=O) groups is 1. The Morgan fingerprint density at radius 3 is 2.41 bits per heavy atom. The van der Waals surface area contributed by atoms with E-state index in [0.29, 0.717) is 11.5 Å². The highest BCUT2D eigenvalue weighted by atomic mass is 16.5. The molecule has 170 valence electrons. The topological polar surface area (TPSA) is 77.2 Å². The van der Waals surface area contributed by atoms with E-state index in [1.54, 1.807) is 11.8 Å². The molecule has 4 rings (SSSR count). The Labute approximate surface area is 189 Å². The summed E-state index contributed by atoms with van der Waals surface area (Å²) in [6.45, 7) is 5.13. The molecule has 1 aliphatic heterocycles. The maximum absolute atomic E-state index is 12.9. The summed E-state index contributed by atoms with van der Waals surface area (Å²) in [6, 6.07) is 7.35. The number of rotatable bonds is 7. The molecule has 1 amide bonds. The number of piperidine rings is 1. The minimum Gasteiger partial charge on any atom is -0.497 e. The third-order valence-electron chi connectivity index (χ3n) is 6.20. The highest BCUT2D eigenvalue weighted by molar-refractivity contribution is 6.04. The van der Waals surface area contributed by atoms with Gasteiger partial charge in [0.05, 0.1) is 24.1 Å². The first-order valence-corrected chi connectivity index (χ1v) is 11.1. The third-order valence-corrected chi connectivity index (χ3v) is 6.20. The van der Waals surface area contributed by atoms with Gasteiger partial charge >= 0.3 is 0 Å². The minimum absolute atomic E-state index is 0.122. The number of hydrogen-bond donors (Lipinski definition) is 1. The van der Waals surface area contributed by atoms with Crippen LogP contribution in [0.25, 0.3) is 0 Å². The molecule has 8 nitrogen and oxygen atoms in total. The van der Waals surface area contributed by atoms with E-state index in [1.165, 1.54) is 5.56 Å². The molecule has 1 fully saturated rings. The molecule has 0 spiro atoms. The summed E-state index contributed by atoms with van der Waals surface area (Å²) in [6.07, 6.45) is 6.97. The second-order valence-electron chi connectivity index (χ2n) is 8.68. The quantitative estimate of drug-likeness (QED) is 0.616. The van der Waals surface area contributed by atoms with Crippen LogP contribution in [0.15, 0.2) is 36.7 Å². The lowest BCUT2D eigenvalue weighted by atomic mass is 9.91. The zero-order valence-electron chi connectivity index (χ0n) is 19.3. The number of aryl methyl sites for hydroxylation is 3. The second-order valence-corrected chi connectivity index (χ2v) is 8.68. The lowest BCUT2D eigenvalue weighted by Gasteiger charge is -2.31. The summed E-state index contributed by atoms with van der Waals surface area (Å²) in [7, 11) is 5.46. The molecular formula is C24H32N6O2. The number of nitrogens with zero attached hydrogens (tertiary/aromatic N) is 5. The van der Waals surface area contributed by atoms with Crippen molar-refractivity contribution in [1.29, 1.82) is 0 Å².